The average Bonchev–Trinajstić information content (AvgIpc) is 3.04. The molecule has 1 aliphatic heterocycles. The number of anilines is 2. The van der Waals surface area contributed by atoms with Gasteiger partial charge < -0.3 is 10.0 Å². The maximum atomic E-state index is 13.4. The van der Waals surface area contributed by atoms with Crippen LogP contribution < -0.4 is 9.62 Å². The van der Waals surface area contributed by atoms with E-state index in [1.54, 1.807) is 0 Å². The van der Waals surface area contributed by atoms with Gasteiger partial charge in [0.2, 0.25) is 5.91 Å². The molecule has 1 amide bonds. The van der Waals surface area contributed by atoms with Crippen LogP contribution in [0.2, 0.25) is 0 Å². The van der Waals surface area contributed by atoms with E-state index in [-0.39, 0.29) is 23.5 Å². The van der Waals surface area contributed by atoms with Crippen LogP contribution in [0, 0.1) is 11.7 Å². The largest absolute Gasteiger partial charge is 0.481 e. The zero-order valence-electron chi connectivity index (χ0n) is 15.0. The third-order valence-corrected chi connectivity index (χ3v) is 5.85. The summed E-state index contributed by atoms with van der Waals surface area (Å²) in [5.41, 5.74) is -1.81. The summed E-state index contributed by atoms with van der Waals surface area (Å²) in [6.07, 6.45) is -5.17. The molecule has 0 spiro atoms. The monoisotopic (exact) mass is 446 g/mol. The molecule has 0 aromatic heterocycles. The van der Waals surface area contributed by atoms with Gasteiger partial charge in [-0.05, 0) is 42.5 Å². The smallest absolute Gasteiger partial charge is 0.419 e. The summed E-state index contributed by atoms with van der Waals surface area (Å²) in [5, 5.41) is 9.01. The van der Waals surface area contributed by atoms with Crippen molar-refractivity contribution in [1.82, 2.24) is 0 Å². The predicted molar refractivity (Wildman–Crippen MR) is 96.7 cm³/mol. The first-order valence-electron chi connectivity index (χ1n) is 8.41. The van der Waals surface area contributed by atoms with E-state index in [1.165, 1.54) is 17.0 Å². The maximum Gasteiger partial charge on any atom is 0.419 e. The highest BCUT2D eigenvalue weighted by molar-refractivity contribution is 7.92. The van der Waals surface area contributed by atoms with Crippen molar-refractivity contribution >= 4 is 33.3 Å². The van der Waals surface area contributed by atoms with Crippen molar-refractivity contribution in [1.29, 1.82) is 0 Å². The minimum absolute atomic E-state index is 0.0612. The molecule has 2 aromatic rings. The zero-order valence-corrected chi connectivity index (χ0v) is 15.8. The van der Waals surface area contributed by atoms with Crippen LogP contribution in [0.3, 0.4) is 0 Å². The maximum absolute atomic E-state index is 13.4. The predicted octanol–water partition coefficient (Wildman–Crippen LogP) is 3.08. The topological polar surface area (TPSA) is 104 Å². The second kappa shape index (κ2) is 7.59. The summed E-state index contributed by atoms with van der Waals surface area (Å²) in [4.78, 5) is 23.9. The number of rotatable bonds is 5. The molecule has 2 aromatic carbocycles. The quantitative estimate of drug-likeness (QED) is 0.687. The molecule has 0 radical (unpaired) electrons. The molecular formula is C18H14F4N2O5S. The molecule has 0 aliphatic carbocycles. The van der Waals surface area contributed by atoms with E-state index >= 15 is 0 Å². The van der Waals surface area contributed by atoms with E-state index in [1.807, 2.05) is 4.72 Å². The molecule has 1 unspecified atom stereocenters. The lowest BCUT2D eigenvalue weighted by Gasteiger charge is -2.17. The van der Waals surface area contributed by atoms with Gasteiger partial charge in [0.25, 0.3) is 10.0 Å². The van der Waals surface area contributed by atoms with Gasteiger partial charge in [-0.1, -0.05) is 0 Å². The minimum Gasteiger partial charge on any atom is -0.481 e. The molecule has 1 saturated heterocycles. The lowest BCUT2D eigenvalue weighted by atomic mass is 10.1. The highest BCUT2D eigenvalue weighted by Gasteiger charge is 2.36. The fraction of sp³-hybridized carbons (Fsp3) is 0.222. The zero-order chi connectivity index (χ0) is 22.3. The Hall–Kier alpha value is -3.15. The number of carbonyl (C=O) groups excluding carboxylic acids is 1. The van der Waals surface area contributed by atoms with Gasteiger partial charge in [-0.2, -0.15) is 13.2 Å². The Morgan fingerprint density at radius 3 is 2.30 bits per heavy atom. The first-order chi connectivity index (χ1) is 13.9. The number of carboxylic acid groups (broad SMARTS) is 1. The second-order valence-electron chi connectivity index (χ2n) is 6.54. The Balaban J connectivity index is 1.81. The average molecular weight is 446 g/mol. The van der Waals surface area contributed by atoms with Gasteiger partial charge in [0.1, 0.15) is 5.82 Å². The van der Waals surface area contributed by atoms with Crippen LogP contribution in [0.15, 0.2) is 47.4 Å². The van der Waals surface area contributed by atoms with Crippen LogP contribution in [0.25, 0.3) is 0 Å². The Bertz CT molecular complexity index is 1100. The van der Waals surface area contributed by atoms with Crippen molar-refractivity contribution in [2.75, 3.05) is 16.2 Å². The molecule has 3 rings (SSSR count). The Morgan fingerprint density at radius 2 is 1.77 bits per heavy atom. The van der Waals surface area contributed by atoms with Crippen molar-refractivity contribution < 1.29 is 40.7 Å². The Kier molecular flexibility index (Phi) is 5.46. The molecule has 7 nitrogen and oxygen atoms in total. The molecule has 0 saturated carbocycles. The van der Waals surface area contributed by atoms with Crippen molar-refractivity contribution in [2.24, 2.45) is 5.92 Å². The number of alkyl halides is 3. The summed E-state index contributed by atoms with van der Waals surface area (Å²) in [5.74, 6) is -3.96. The van der Waals surface area contributed by atoms with Crippen LogP contribution in [0.4, 0.5) is 28.9 Å². The highest BCUT2D eigenvalue weighted by atomic mass is 32.2. The second-order valence-corrected chi connectivity index (χ2v) is 8.22. The van der Waals surface area contributed by atoms with E-state index in [0.29, 0.717) is 12.1 Å². The van der Waals surface area contributed by atoms with E-state index in [4.69, 9.17) is 5.11 Å². The number of sulfonamides is 1. The Morgan fingerprint density at radius 1 is 1.13 bits per heavy atom. The fourth-order valence-electron chi connectivity index (χ4n) is 2.95. The number of carboxylic acids is 1. The summed E-state index contributed by atoms with van der Waals surface area (Å²) >= 11 is 0. The third-order valence-electron chi connectivity index (χ3n) is 4.46. The van der Waals surface area contributed by atoms with Gasteiger partial charge in [-0.3, -0.25) is 14.3 Å². The molecule has 30 heavy (non-hydrogen) atoms. The van der Waals surface area contributed by atoms with Crippen LogP contribution in [0.5, 0.6) is 0 Å². The van der Waals surface area contributed by atoms with Crippen molar-refractivity contribution in [3.05, 3.63) is 53.8 Å². The number of benzene rings is 2. The number of amides is 1. The first-order valence-corrected chi connectivity index (χ1v) is 9.89. The molecule has 160 valence electrons. The van der Waals surface area contributed by atoms with Crippen molar-refractivity contribution in [3.8, 4) is 0 Å². The van der Waals surface area contributed by atoms with Crippen LogP contribution in [-0.4, -0.2) is 31.9 Å². The van der Waals surface area contributed by atoms with Crippen molar-refractivity contribution in [3.63, 3.8) is 0 Å². The normalized spacial score (nSPS) is 17.3. The lowest BCUT2D eigenvalue weighted by molar-refractivity contribution is -0.142. The van der Waals surface area contributed by atoms with Crippen LogP contribution in [0.1, 0.15) is 12.0 Å². The van der Waals surface area contributed by atoms with Gasteiger partial charge in [-0.15, -0.1) is 0 Å². The van der Waals surface area contributed by atoms with Gasteiger partial charge in [0, 0.05) is 24.3 Å². The van der Waals surface area contributed by atoms with Crippen LogP contribution in [-0.2, 0) is 25.8 Å². The summed E-state index contributed by atoms with van der Waals surface area (Å²) < 4.78 is 78.6. The molecule has 1 atom stereocenters. The van der Waals surface area contributed by atoms with Gasteiger partial charge in [-0.25, -0.2) is 12.8 Å². The summed E-state index contributed by atoms with van der Waals surface area (Å²) in [6, 6.07) is 6.49. The standard InChI is InChI=1S/C18H14F4N2O5S/c19-15-6-1-11(8-14(15)18(20,21)22)23-30(28,29)13-4-2-12(3-5-13)24-9-10(17(26)27)7-16(24)25/h1-6,8,10,23H,7,9H2,(H,26,27). The number of nitrogens with one attached hydrogen (secondary N) is 1. The third kappa shape index (κ3) is 4.37. The number of hydrogen-bond acceptors (Lipinski definition) is 4. The molecular weight excluding hydrogens is 432 g/mol. The number of halogens is 4. The summed E-state index contributed by atoms with van der Waals surface area (Å²) in [7, 11) is -4.30. The Labute approximate surface area is 168 Å². The number of hydrogen-bond donors (Lipinski definition) is 2. The first kappa shape index (κ1) is 21.6. The van der Waals surface area contributed by atoms with E-state index in [0.717, 1.165) is 18.2 Å². The minimum atomic E-state index is -5.00. The van der Waals surface area contributed by atoms with Gasteiger partial charge >= 0.3 is 12.1 Å². The lowest BCUT2D eigenvalue weighted by Crippen LogP contribution is -2.25. The summed E-state index contributed by atoms with van der Waals surface area (Å²) in [6.45, 7) is -0.0612. The molecule has 1 fully saturated rings. The number of nitrogens with zero attached hydrogens (tertiary/aromatic N) is 1. The van der Waals surface area contributed by atoms with E-state index in [2.05, 4.69) is 0 Å². The molecule has 12 heteroatoms. The number of aliphatic carboxylic acids is 1. The highest BCUT2D eigenvalue weighted by Crippen LogP contribution is 2.33. The van der Waals surface area contributed by atoms with E-state index < -0.39 is 51.1 Å². The molecule has 2 N–H and O–H groups in total. The molecule has 1 heterocycles. The number of carbonyl (C=O) groups is 2. The SMILES string of the molecule is O=C(O)C1CC(=O)N(c2ccc(S(=O)(=O)Nc3ccc(F)c(C(F)(F)F)c3)cc2)C1. The van der Waals surface area contributed by atoms with Crippen molar-refractivity contribution in [2.45, 2.75) is 17.5 Å². The fourth-order valence-corrected chi connectivity index (χ4v) is 4.00. The van der Waals surface area contributed by atoms with E-state index in [9.17, 15) is 35.6 Å². The molecule has 0 bridgehead atoms. The van der Waals surface area contributed by atoms with Gasteiger partial charge in [0.05, 0.1) is 16.4 Å². The molecule has 1 aliphatic rings. The van der Waals surface area contributed by atoms with Gasteiger partial charge in [0.15, 0.2) is 0 Å². The van der Waals surface area contributed by atoms with Crippen LogP contribution >= 0.6 is 0 Å².